The van der Waals surface area contributed by atoms with Gasteiger partial charge < -0.3 is 0 Å². The summed E-state index contributed by atoms with van der Waals surface area (Å²) < 4.78 is 27.6. The number of fused-ring (bicyclic) bond motifs is 2. The number of hydrogen-bond donors (Lipinski definition) is 0. The zero-order valence-corrected chi connectivity index (χ0v) is 15.9. The Morgan fingerprint density at radius 3 is 2.46 bits per heavy atom. The number of rotatable bonds is 2. The van der Waals surface area contributed by atoms with Gasteiger partial charge in [-0.3, -0.25) is 9.30 Å². The van der Waals surface area contributed by atoms with Gasteiger partial charge in [-0.25, -0.2) is 8.42 Å². The molecule has 1 spiro atoms. The Balaban J connectivity index is 1.67. The lowest BCUT2D eigenvalue weighted by Gasteiger charge is -2.41. The van der Waals surface area contributed by atoms with Gasteiger partial charge in [-0.2, -0.15) is 0 Å². The minimum Gasteiger partial charge on any atom is -0.271 e. The smallest absolute Gasteiger partial charge is 0.264 e. The van der Waals surface area contributed by atoms with Crippen LogP contribution in [-0.2, 0) is 15.4 Å². The van der Waals surface area contributed by atoms with Crippen molar-refractivity contribution >= 4 is 21.4 Å². The molecule has 2 aromatic rings. The van der Waals surface area contributed by atoms with Crippen LogP contribution in [0.25, 0.3) is 0 Å². The molecule has 0 saturated carbocycles. The highest BCUT2D eigenvalue weighted by molar-refractivity contribution is 7.89. The van der Waals surface area contributed by atoms with E-state index in [0.717, 1.165) is 17.0 Å². The minimum absolute atomic E-state index is 0.229. The number of allylic oxidation sites excluding steroid dienone is 1. The number of sulfonamides is 1. The fourth-order valence-electron chi connectivity index (χ4n) is 4.10. The van der Waals surface area contributed by atoms with Crippen molar-refractivity contribution in [3.8, 4) is 0 Å². The second-order valence-electron chi connectivity index (χ2n) is 7.18. The molecule has 0 aromatic heterocycles. The fourth-order valence-corrected chi connectivity index (χ4v) is 5.57. The number of benzene rings is 2. The van der Waals surface area contributed by atoms with E-state index in [-0.39, 0.29) is 5.41 Å². The molecule has 4 nitrogen and oxygen atoms in total. The lowest BCUT2D eigenvalue weighted by molar-refractivity contribution is 0.345. The van der Waals surface area contributed by atoms with Gasteiger partial charge in [0.2, 0.25) is 0 Å². The number of nitrogens with zero attached hydrogens (tertiary/aromatic N) is 2. The highest BCUT2D eigenvalue weighted by Crippen LogP contribution is 2.49. The van der Waals surface area contributed by atoms with Gasteiger partial charge in [-0.1, -0.05) is 42.5 Å². The summed E-state index contributed by atoms with van der Waals surface area (Å²) in [6, 6.07) is 15.1. The van der Waals surface area contributed by atoms with Crippen molar-refractivity contribution in [1.82, 2.24) is 4.31 Å². The molecule has 0 amide bonds. The first-order valence-electron chi connectivity index (χ1n) is 8.77. The highest BCUT2D eigenvalue weighted by atomic mass is 32.2. The van der Waals surface area contributed by atoms with Crippen LogP contribution in [0.2, 0.25) is 0 Å². The van der Waals surface area contributed by atoms with E-state index in [1.807, 2.05) is 44.2 Å². The summed E-state index contributed by atoms with van der Waals surface area (Å²) in [4.78, 5) is 5.04. The molecule has 2 heterocycles. The van der Waals surface area contributed by atoms with Gasteiger partial charge in [0.25, 0.3) is 10.0 Å². The molecule has 2 aliphatic rings. The summed E-state index contributed by atoms with van der Waals surface area (Å²) in [5.41, 5.74) is 4.66. The Labute approximate surface area is 154 Å². The molecular weight excluding hydrogens is 344 g/mol. The first-order valence-corrected chi connectivity index (χ1v) is 10.2. The quantitative estimate of drug-likeness (QED) is 0.794. The van der Waals surface area contributed by atoms with E-state index in [0.29, 0.717) is 30.0 Å². The Morgan fingerprint density at radius 2 is 1.77 bits per heavy atom. The standard InChI is InChI=1S/C21H22N2O2S/c1-15-8-10-18(11-9-15)26(24,25)23-13-12-21(14-16(23)2)17(3)22-20-7-5-4-6-19(20)21/h4-11H,2,12-14H2,1,3H3. The molecule has 26 heavy (non-hydrogen) atoms. The topological polar surface area (TPSA) is 49.7 Å². The summed E-state index contributed by atoms with van der Waals surface area (Å²) in [5.74, 6) is 0. The third-order valence-corrected chi connectivity index (χ3v) is 7.50. The van der Waals surface area contributed by atoms with Gasteiger partial charge >= 0.3 is 0 Å². The third kappa shape index (κ3) is 2.42. The second-order valence-corrected chi connectivity index (χ2v) is 9.04. The van der Waals surface area contributed by atoms with Crippen molar-refractivity contribution in [2.75, 3.05) is 6.54 Å². The van der Waals surface area contributed by atoms with E-state index in [4.69, 9.17) is 4.99 Å². The average Bonchev–Trinajstić information content (AvgIpc) is 2.87. The summed E-state index contributed by atoms with van der Waals surface area (Å²) in [7, 11) is -3.58. The van der Waals surface area contributed by atoms with E-state index in [9.17, 15) is 8.42 Å². The number of aryl methyl sites for hydroxylation is 1. The van der Waals surface area contributed by atoms with Crippen molar-refractivity contribution in [3.05, 3.63) is 71.9 Å². The average molecular weight is 366 g/mol. The van der Waals surface area contributed by atoms with E-state index in [1.165, 1.54) is 9.87 Å². The van der Waals surface area contributed by atoms with Gasteiger partial charge in [-0.05, 0) is 44.0 Å². The van der Waals surface area contributed by atoms with Crippen molar-refractivity contribution in [2.45, 2.75) is 37.0 Å². The Morgan fingerprint density at radius 1 is 1.08 bits per heavy atom. The molecule has 5 heteroatoms. The van der Waals surface area contributed by atoms with Gasteiger partial charge in [0, 0.05) is 29.8 Å². The maximum Gasteiger partial charge on any atom is 0.264 e. The van der Waals surface area contributed by atoms with Gasteiger partial charge in [0.15, 0.2) is 0 Å². The van der Waals surface area contributed by atoms with Crippen LogP contribution < -0.4 is 0 Å². The van der Waals surface area contributed by atoms with E-state index < -0.39 is 10.0 Å². The van der Waals surface area contributed by atoms with E-state index >= 15 is 0 Å². The molecular formula is C21H22N2O2S. The van der Waals surface area contributed by atoms with Crippen molar-refractivity contribution in [1.29, 1.82) is 0 Å². The van der Waals surface area contributed by atoms with Crippen molar-refractivity contribution in [2.24, 2.45) is 4.99 Å². The number of para-hydroxylation sites is 1. The molecule has 1 fully saturated rings. The van der Waals surface area contributed by atoms with Crippen molar-refractivity contribution < 1.29 is 8.42 Å². The molecule has 0 radical (unpaired) electrons. The van der Waals surface area contributed by atoms with Gasteiger partial charge in [-0.15, -0.1) is 0 Å². The Bertz CT molecular complexity index is 1020. The highest BCUT2D eigenvalue weighted by Gasteiger charge is 2.46. The molecule has 0 N–H and O–H groups in total. The van der Waals surface area contributed by atoms with Crippen molar-refractivity contribution in [3.63, 3.8) is 0 Å². The maximum atomic E-state index is 13.1. The van der Waals surface area contributed by atoms with E-state index in [1.54, 1.807) is 12.1 Å². The first-order chi connectivity index (χ1) is 12.3. The number of aliphatic imine (C=N–C) groups is 1. The molecule has 2 aliphatic heterocycles. The van der Waals surface area contributed by atoms with Crippen LogP contribution in [0, 0.1) is 6.92 Å². The van der Waals surface area contributed by atoms with Crippen LogP contribution in [-0.4, -0.2) is 25.0 Å². The molecule has 134 valence electrons. The first kappa shape index (κ1) is 17.0. The minimum atomic E-state index is -3.58. The van der Waals surface area contributed by atoms with Crippen LogP contribution in [0.5, 0.6) is 0 Å². The van der Waals surface area contributed by atoms with Crippen LogP contribution in [0.1, 0.15) is 30.9 Å². The molecule has 2 aromatic carbocycles. The zero-order valence-electron chi connectivity index (χ0n) is 15.1. The van der Waals surface area contributed by atoms with Gasteiger partial charge in [0.1, 0.15) is 0 Å². The molecule has 0 bridgehead atoms. The van der Waals surface area contributed by atoms with Gasteiger partial charge in [0.05, 0.1) is 10.6 Å². The lowest BCUT2D eigenvalue weighted by atomic mass is 9.70. The summed E-state index contributed by atoms with van der Waals surface area (Å²) in [6.07, 6.45) is 1.29. The normalized spacial score (nSPS) is 22.5. The summed E-state index contributed by atoms with van der Waals surface area (Å²) >= 11 is 0. The van der Waals surface area contributed by atoms with Crippen LogP contribution in [0.3, 0.4) is 0 Å². The largest absolute Gasteiger partial charge is 0.271 e. The number of hydrogen-bond acceptors (Lipinski definition) is 3. The molecule has 1 unspecified atom stereocenters. The maximum absolute atomic E-state index is 13.1. The van der Waals surface area contributed by atoms with Crippen LogP contribution >= 0.6 is 0 Å². The third-order valence-electron chi connectivity index (χ3n) is 5.61. The molecule has 1 saturated heterocycles. The summed E-state index contributed by atoms with van der Waals surface area (Å²) in [6.45, 7) is 8.52. The zero-order chi connectivity index (χ0) is 18.5. The predicted octanol–water partition coefficient (Wildman–Crippen LogP) is 4.34. The molecule has 4 rings (SSSR count). The summed E-state index contributed by atoms with van der Waals surface area (Å²) in [5, 5.41) is 0. The monoisotopic (exact) mass is 366 g/mol. The van der Waals surface area contributed by atoms with E-state index in [2.05, 4.69) is 12.6 Å². The molecule has 0 aliphatic carbocycles. The Kier molecular flexibility index (Phi) is 3.81. The molecule has 1 atom stereocenters. The number of piperidine rings is 1. The SMILES string of the molecule is C=C1CC2(CCN1S(=O)(=O)c1ccc(C)cc1)C(C)=Nc1ccccc12. The van der Waals surface area contributed by atoms with Crippen LogP contribution in [0.15, 0.2) is 70.7 Å². The Hall–Kier alpha value is -2.40. The predicted molar refractivity (Wildman–Crippen MR) is 104 cm³/mol. The second kappa shape index (κ2) is 5.81. The lowest BCUT2D eigenvalue weighted by Crippen LogP contribution is -2.45. The van der Waals surface area contributed by atoms with Crippen LogP contribution in [0.4, 0.5) is 5.69 Å². The fraction of sp³-hybridized carbons (Fsp3) is 0.286.